The fraction of sp³-hybridized carbons (Fsp3) is 0.294. The number of hydrazine groups is 1. The number of hydrogen-bond acceptors (Lipinski definition) is 3. The third-order valence-corrected chi connectivity index (χ3v) is 3.49. The summed E-state index contributed by atoms with van der Waals surface area (Å²) in [6, 6.07) is 19.2. The minimum Gasteiger partial charge on any atom is -0.309 e. The van der Waals surface area contributed by atoms with Crippen LogP contribution in [0.15, 0.2) is 54.6 Å². The molecule has 0 spiro atoms. The molecule has 20 heavy (non-hydrogen) atoms. The van der Waals surface area contributed by atoms with Gasteiger partial charge in [0.05, 0.1) is 0 Å². The van der Waals surface area contributed by atoms with Crippen LogP contribution in [-0.4, -0.2) is 25.5 Å². The maximum atomic E-state index is 5.67. The van der Waals surface area contributed by atoms with Crippen molar-refractivity contribution in [1.82, 2.24) is 10.3 Å². The van der Waals surface area contributed by atoms with Gasteiger partial charge in [0.1, 0.15) is 0 Å². The Morgan fingerprint density at radius 1 is 0.950 bits per heavy atom. The first-order valence-electron chi connectivity index (χ1n) is 6.97. The molecule has 0 saturated carbocycles. The van der Waals surface area contributed by atoms with Gasteiger partial charge in [0.2, 0.25) is 0 Å². The van der Waals surface area contributed by atoms with Gasteiger partial charge < -0.3 is 4.90 Å². The predicted molar refractivity (Wildman–Crippen MR) is 85.1 cm³/mol. The van der Waals surface area contributed by atoms with E-state index in [4.69, 9.17) is 5.84 Å². The molecule has 1 atom stereocenters. The number of nitrogens with zero attached hydrogens (tertiary/aromatic N) is 1. The van der Waals surface area contributed by atoms with Crippen molar-refractivity contribution in [3.63, 3.8) is 0 Å². The van der Waals surface area contributed by atoms with Crippen LogP contribution in [0.2, 0.25) is 0 Å². The number of benzene rings is 2. The fourth-order valence-electron chi connectivity index (χ4n) is 2.27. The zero-order valence-corrected chi connectivity index (χ0v) is 12.2. The molecule has 3 nitrogen and oxygen atoms in total. The molecule has 0 heterocycles. The van der Waals surface area contributed by atoms with Crippen molar-refractivity contribution >= 4 is 0 Å². The van der Waals surface area contributed by atoms with Crippen molar-refractivity contribution in [1.29, 1.82) is 0 Å². The molecule has 0 aliphatic heterocycles. The Bertz CT molecular complexity index is 506. The van der Waals surface area contributed by atoms with Crippen LogP contribution < -0.4 is 11.3 Å². The second-order valence-electron chi connectivity index (χ2n) is 5.30. The summed E-state index contributed by atoms with van der Waals surface area (Å²) in [5, 5.41) is 0. The molecule has 0 radical (unpaired) electrons. The van der Waals surface area contributed by atoms with E-state index in [1.54, 1.807) is 0 Å². The molecule has 0 saturated heterocycles. The van der Waals surface area contributed by atoms with Crippen molar-refractivity contribution in [2.75, 3.05) is 20.6 Å². The molecule has 2 aromatic carbocycles. The Kier molecular flexibility index (Phi) is 5.30. The van der Waals surface area contributed by atoms with Crippen molar-refractivity contribution < 1.29 is 0 Å². The SMILES string of the molecule is CN(C)CCC(NN)c1ccc(-c2ccccc2)cc1. The number of nitrogens with one attached hydrogen (secondary N) is 1. The smallest absolute Gasteiger partial charge is 0.0472 e. The number of hydrogen-bond donors (Lipinski definition) is 2. The van der Waals surface area contributed by atoms with E-state index >= 15 is 0 Å². The van der Waals surface area contributed by atoms with Crippen LogP contribution >= 0.6 is 0 Å². The third kappa shape index (κ3) is 3.90. The summed E-state index contributed by atoms with van der Waals surface area (Å²) in [6.45, 7) is 1.01. The van der Waals surface area contributed by atoms with Gasteiger partial charge in [-0.15, -0.1) is 0 Å². The molecule has 3 N–H and O–H groups in total. The topological polar surface area (TPSA) is 41.3 Å². The van der Waals surface area contributed by atoms with Gasteiger partial charge in [-0.05, 0) is 43.8 Å². The lowest BCUT2D eigenvalue weighted by atomic mass is 9.99. The lowest BCUT2D eigenvalue weighted by molar-refractivity contribution is 0.363. The van der Waals surface area contributed by atoms with E-state index in [0.29, 0.717) is 0 Å². The minimum absolute atomic E-state index is 0.197. The largest absolute Gasteiger partial charge is 0.309 e. The van der Waals surface area contributed by atoms with Crippen LogP contribution in [0.25, 0.3) is 11.1 Å². The second-order valence-corrected chi connectivity index (χ2v) is 5.30. The highest BCUT2D eigenvalue weighted by Gasteiger charge is 2.10. The van der Waals surface area contributed by atoms with E-state index < -0.39 is 0 Å². The summed E-state index contributed by atoms with van der Waals surface area (Å²) in [6.07, 6.45) is 0.994. The molecular formula is C17H23N3. The third-order valence-electron chi connectivity index (χ3n) is 3.49. The van der Waals surface area contributed by atoms with E-state index in [0.717, 1.165) is 13.0 Å². The minimum atomic E-state index is 0.197. The van der Waals surface area contributed by atoms with E-state index in [9.17, 15) is 0 Å². The standard InChI is InChI=1S/C17H23N3/c1-20(2)13-12-17(19-18)16-10-8-15(9-11-16)14-6-4-3-5-7-14/h3-11,17,19H,12-13,18H2,1-2H3. The molecule has 1 unspecified atom stereocenters. The number of rotatable bonds is 6. The van der Waals surface area contributed by atoms with Crippen LogP contribution in [0.4, 0.5) is 0 Å². The monoisotopic (exact) mass is 269 g/mol. The van der Waals surface area contributed by atoms with Gasteiger partial charge in [0.25, 0.3) is 0 Å². The highest BCUT2D eigenvalue weighted by Crippen LogP contribution is 2.22. The van der Waals surface area contributed by atoms with Gasteiger partial charge in [-0.2, -0.15) is 0 Å². The zero-order valence-electron chi connectivity index (χ0n) is 12.2. The lowest BCUT2D eigenvalue weighted by Crippen LogP contribution is -2.30. The van der Waals surface area contributed by atoms with E-state index in [1.165, 1.54) is 16.7 Å². The summed E-state index contributed by atoms with van der Waals surface area (Å²) >= 11 is 0. The van der Waals surface area contributed by atoms with Crippen LogP contribution in [-0.2, 0) is 0 Å². The van der Waals surface area contributed by atoms with Crippen molar-refractivity contribution in [2.24, 2.45) is 5.84 Å². The summed E-state index contributed by atoms with van der Waals surface area (Å²) in [4.78, 5) is 2.17. The van der Waals surface area contributed by atoms with Crippen molar-refractivity contribution in [3.8, 4) is 11.1 Å². The van der Waals surface area contributed by atoms with Gasteiger partial charge in [-0.25, -0.2) is 0 Å². The Labute approximate surface area is 121 Å². The molecule has 3 heteroatoms. The summed E-state index contributed by atoms with van der Waals surface area (Å²) in [7, 11) is 4.15. The molecule has 0 fully saturated rings. The molecule has 106 valence electrons. The average Bonchev–Trinajstić information content (AvgIpc) is 2.49. The van der Waals surface area contributed by atoms with E-state index in [2.05, 4.69) is 73.0 Å². The first-order valence-corrected chi connectivity index (χ1v) is 6.97. The Morgan fingerprint density at radius 2 is 1.55 bits per heavy atom. The van der Waals surface area contributed by atoms with E-state index in [1.807, 2.05) is 6.07 Å². The summed E-state index contributed by atoms with van der Waals surface area (Å²) in [5.74, 6) is 5.67. The maximum absolute atomic E-state index is 5.67. The highest BCUT2D eigenvalue weighted by molar-refractivity contribution is 5.63. The maximum Gasteiger partial charge on any atom is 0.0472 e. The molecule has 0 aliphatic rings. The average molecular weight is 269 g/mol. The van der Waals surface area contributed by atoms with Crippen molar-refractivity contribution in [3.05, 3.63) is 60.2 Å². The quantitative estimate of drug-likeness (QED) is 0.626. The molecular weight excluding hydrogens is 246 g/mol. The van der Waals surface area contributed by atoms with Gasteiger partial charge in [-0.1, -0.05) is 54.6 Å². The lowest BCUT2D eigenvalue weighted by Gasteiger charge is -2.19. The first-order chi connectivity index (χ1) is 9.70. The first kappa shape index (κ1) is 14.7. The molecule has 0 aliphatic carbocycles. The van der Waals surface area contributed by atoms with Crippen LogP contribution in [0, 0.1) is 0 Å². The molecule has 0 aromatic heterocycles. The zero-order chi connectivity index (χ0) is 14.4. The highest BCUT2D eigenvalue weighted by atomic mass is 15.2. The van der Waals surface area contributed by atoms with Crippen molar-refractivity contribution in [2.45, 2.75) is 12.5 Å². The van der Waals surface area contributed by atoms with Crippen LogP contribution in [0.5, 0.6) is 0 Å². The van der Waals surface area contributed by atoms with Gasteiger partial charge in [0.15, 0.2) is 0 Å². The molecule has 2 aromatic rings. The van der Waals surface area contributed by atoms with E-state index in [-0.39, 0.29) is 6.04 Å². The van der Waals surface area contributed by atoms with Gasteiger partial charge in [0, 0.05) is 6.04 Å². The molecule has 0 amide bonds. The number of nitrogens with two attached hydrogens (primary N) is 1. The molecule has 0 bridgehead atoms. The molecule has 2 rings (SSSR count). The summed E-state index contributed by atoms with van der Waals surface area (Å²) in [5.41, 5.74) is 6.61. The Balaban J connectivity index is 2.10. The van der Waals surface area contributed by atoms with Crippen LogP contribution in [0.1, 0.15) is 18.0 Å². The van der Waals surface area contributed by atoms with Gasteiger partial charge in [-0.3, -0.25) is 11.3 Å². The fourth-order valence-corrected chi connectivity index (χ4v) is 2.27. The Hall–Kier alpha value is -1.68. The second kappa shape index (κ2) is 7.20. The van der Waals surface area contributed by atoms with Gasteiger partial charge >= 0.3 is 0 Å². The predicted octanol–water partition coefficient (Wildman–Crippen LogP) is 2.81. The van der Waals surface area contributed by atoms with Crippen LogP contribution in [0.3, 0.4) is 0 Å². The Morgan fingerprint density at radius 3 is 2.10 bits per heavy atom. The normalized spacial score (nSPS) is 12.6. The summed E-state index contributed by atoms with van der Waals surface area (Å²) < 4.78 is 0.